The van der Waals surface area contributed by atoms with Crippen molar-refractivity contribution >= 4 is 23.2 Å². The lowest BCUT2D eigenvalue weighted by atomic mass is 10.2. The van der Waals surface area contributed by atoms with Crippen LogP contribution in [-0.4, -0.2) is 24.0 Å². The summed E-state index contributed by atoms with van der Waals surface area (Å²) in [5.74, 6) is -2.46. The van der Waals surface area contributed by atoms with Gasteiger partial charge >= 0.3 is 6.18 Å². The van der Waals surface area contributed by atoms with Crippen LogP contribution in [0.2, 0.25) is 0 Å². The zero-order valence-electron chi connectivity index (χ0n) is 9.27. The lowest BCUT2D eigenvalue weighted by Gasteiger charge is -2.13. The molecule has 2 rings (SSSR count). The van der Waals surface area contributed by atoms with E-state index in [9.17, 15) is 27.9 Å². The zero-order valence-corrected chi connectivity index (χ0v) is 9.27. The number of anilines is 1. The minimum Gasteiger partial charge on any atom is -0.543 e. The fourth-order valence-corrected chi connectivity index (χ4v) is 1.55. The summed E-state index contributed by atoms with van der Waals surface area (Å²) >= 11 is 0. The largest absolute Gasteiger partial charge is 0.543 e. The van der Waals surface area contributed by atoms with Crippen molar-refractivity contribution in [3.63, 3.8) is 0 Å². The third-order valence-electron chi connectivity index (χ3n) is 2.46. The van der Waals surface area contributed by atoms with Gasteiger partial charge < -0.3 is 9.90 Å². The number of benzene rings is 1. The van der Waals surface area contributed by atoms with Crippen molar-refractivity contribution in [2.45, 2.75) is 6.18 Å². The monoisotopic (exact) mass is 271 g/mol. The molecule has 19 heavy (non-hydrogen) atoms. The highest BCUT2D eigenvalue weighted by molar-refractivity contribution is 6.65. The maximum atomic E-state index is 12.3. The number of hydrazone groups is 1. The molecule has 1 aliphatic heterocycles. The van der Waals surface area contributed by atoms with E-state index in [1.165, 1.54) is 0 Å². The smallest absolute Gasteiger partial charge is 0.416 e. The molecule has 1 aliphatic rings. The topological polar surface area (TPSA) is 72.8 Å². The number of rotatable bonds is 2. The number of aliphatic carboxylic acids is 1. The standard InChI is InChI=1S/C11H7F3N2O3/c12-11(13,14)6-1-3-7(4-2-6)16-5-8(17)9(15-16)10(18)19/h1-4H,5H2,(H,18,19)/p-1. The summed E-state index contributed by atoms with van der Waals surface area (Å²) in [6, 6.07) is 3.87. The van der Waals surface area contributed by atoms with Crippen LogP contribution in [-0.2, 0) is 15.8 Å². The van der Waals surface area contributed by atoms with Crippen LogP contribution in [0, 0.1) is 0 Å². The Bertz CT molecular complexity index is 564. The van der Waals surface area contributed by atoms with Crippen molar-refractivity contribution in [1.29, 1.82) is 0 Å². The normalized spacial score (nSPS) is 15.6. The average Bonchev–Trinajstić information content (AvgIpc) is 2.70. The number of ketones is 1. The van der Waals surface area contributed by atoms with Crippen molar-refractivity contribution in [3.05, 3.63) is 29.8 Å². The van der Waals surface area contributed by atoms with Crippen molar-refractivity contribution in [3.8, 4) is 0 Å². The molecule has 0 spiro atoms. The molecule has 0 amide bonds. The number of Topliss-reactive ketones (excluding diaryl/α,β-unsaturated/α-hetero) is 1. The molecule has 1 aromatic rings. The molecule has 0 unspecified atom stereocenters. The van der Waals surface area contributed by atoms with Crippen molar-refractivity contribution in [1.82, 2.24) is 0 Å². The number of carboxylic acids is 1. The van der Waals surface area contributed by atoms with Crippen LogP contribution in [0.25, 0.3) is 0 Å². The summed E-state index contributed by atoms with van der Waals surface area (Å²) in [6.45, 7) is -0.339. The molecule has 0 atom stereocenters. The van der Waals surface area contributed by atoms with Gasteiger partial charge in [0.15, 0.2) is 5.71 Å². The highest BCUT2D eigenvalue weighted by atomic mass is 19.4. The van der Waals surface area contributed by atoms with E-state index in [1.54, 1.807) is 0 Å². The summed E-state index contributed by atoms with van der Waals surface area (Å²) in [5.41, 5.74) is -1.39. The minimum atomic E-state index is -4.46. The average molecular weight is 271 g/mol. The molecule has 8 heteroatoms. The molecular weight excluding hydrogens is 265 g/mol. The molecule has 0 bridgehead atoms. The summed E-state index contributed by atoms with van der Waals surface area (Å²) < 4.78 is 37.0. The van der Waals surface area contributed by atoms with Crippen LogP contribution < -0.4 is 10.1 Å². The Balaban J connectivity index is 2.25. The molecule has 5 nitrogen and oxygen atoms in total. The van der Waals surface area contributed by atoms with E-state index in [0.29, 0.717) is 0 Å². The van der Waals surface area contributed by atoms with E-state index in [1.807, 2.05) is 0 Å². The first-order chi connectivity index (χ1) is 8.79. The molecule has 1 aromatic carbocycles. The van der Waals surface area contributed by atoms with Gasteiger partial charge in [-0.25, -0.2) is 0 Å². The quantitative estimate of drug-likeness (QED) is 0.770. The van der Waals surface area contributed by atoms with Gasteiger partial charge in [-0.1, -0.05) is 0 Å². The Kier molecular flexibility index (Phi) is 3.01. The second-order valence-electron chi connectivity index (χ2n) is 3.76. The lowest BCUT2D eigenvalue weighted by Crippen LogP contribution is -2.35. The van der Waals surface area contributed by atoms with Gasteiger partial charge in [0.25, 0.3) is 0 Å². The van der Waals surface area contributed by atoms with E-state index < -0.39 is 29.2 Å². The van der Waals surface area contributed by atoms with Crippen LogP contribution in [0.1, 0.15) is 5.56 Å². The summed E-state index contributed by atoms with van der Waals surface area (Å²) in [4.78, 5) is 21.8. The number of hydrogen-bond donors (Lipinski definition) is 0. The third-order valence-corrected chi connectivity index (χ3v) is 2.46. The van der Waals surface area contributed by atoms with Gasteiger partial charge in [0, 0.05) is 0 Å². The number of nitrogens with zero attached hydrogens (tertiary/aromatic N) is 2. The first-order valence-electron chi connectivity index (χ1n) is 5.07. The molecule has 0 saturated heterocycles. The van der Waals surface area contributed by atoms with Crippen LogP contribution in [0.5, 0.6) is 0 Å². The molecular formula is C11H6F3N2O3-. The third kappa shape index (κ3) is 2.56. The van der Waals surface area contributed by atoms with E-state index >= 15 is 0 Å². The number of halogens is 3. The highest BCUT2D eigenvalue weighted by Gasteiger charge is 2.31. The van der Waals surface area contributed by atoms with E-state index in [2.05, 4.69) is 5.10 Å². The first kappa shape index (κ1) is 13.1. The van der Waals surface area contributed by atoms with Gasteiger partial charge in [-0.3, -0.25) is 9.80 Å². The summed E-state index contributed by atoms with van der Waals surface area (Å²) in [5, 5.41) is 15.0. The van der Waals surface area contributed by atoms with Crippen LogP contribution >= 0.6 is 0 Å². The molecule has 100 valence electrons. The molecule has 0 aromatic heterocycles. The van der Waals surface area contributed by atoms with Gasteiger partial charge in [-0.15, -0.1) is 0 Å². The van der Waals surface area contributed by atoms with Gasteiger partial charge in [0.2, 0.25) is 5.78 Å². The molecule has 0 saturated carbocycles. The summed E-state index contributed by atoms with van der Waals surface area (Å²) in [6.07, 6.45) is -4.46. The molecule has 0 N–H and O–H groups in total. The van der Waals surface area contributed by atoms with E-state index in [4.69, 9.17) is 0 Å². The Morgan fingerprint density at radius 1 is 1.26 bits per heavy atom. The van der Waals surface area contributed by atoms with Gasteiger partial charge in [0.1, 0.15) is 6.54 Å². The fraction of sp³-hybridized carbons (Fsp3) is 0.182. The van der Waals surface area contributed by atoms with Crippen molar-refractivity contribution < 1.29 is 27.9 Å². The van der Waals surface area contributed by atoms with Gasteiger partial charge in [-0.2, -0.15) is 18.3 Å². The van der Waals surface area contributed by atoms with Crippen LogP contribution in [0.3, 0.4) is 0 Å². The molecule has 0 radical (unpaired) electrons. The number of carboxylic acid groups (broad SMARTS) is 1. The highest BCUT2D eigenvalue weighted by Crippen LogP contribution is 2.30. The second kappa shape index (κ2) is 4.38. The van der Waals surface area contributed by atoms with Crippen molar-refractivity contribution in [2.24, 2.45) is 5.10 Å². The number of hydrogen-bond acceptors (Lipinski definition) is 5. The fourth-order valence-electron chi connectivity index (χ4n) is 1.55. The summed E-state index contributed by atoms with van der Waals surface area (Å²) in [7, 11) is 0. The van der Waals surface area contributed by atoms with Crippen molar-refractivity contribution in [2.75, 3.05) is 11.6 Å². The Hall–Kier alpha value is -2.38. The van der Waals surface area contributed by atoms with E-state index in [0.717, 1.165) is 29.3 Å². The number of carbonyl (C=O) groups excluding carboxylic acids is 2. The second-order valence-corrected chi connectivity index (χ2v) is 3.76. The maximum Gasteiger partial charge on any atom is 0.416 e. The lowest BCUT2D eigenvalue weighted by molar-refractivity contribution is -0.293. The minimum absolute atomic E-state index is 0.192. The van der Waals surface area contributed by atoms with E-state index in [-0.39, 0.29) is 12.2 Å². The zero-order chi connectivity index (χ0) is 14.2. The SMILES string of the molecule is O=C([O-])C1=NN(c2ccc(C(F)(F)F)cc2)CC1=O. The van der Waals surface area contributed by atoms with Crippen LogP contribution in [0.4, 0.5) is 18.9 Å². The number of carbonyl (C=O) groups is 2. The molecule has 0 fully saturated rings. The Morgan fingerprint density at radius 2 is 1.84 bits per heavy atom. The predicted molar refractivity (Wildman–Crippen MR) is 56.2 cm³/mol. The maximum absolute atomic E-state index is 12.3. The Morgan fingerprint density at radius 3 is 2.26 bits per heavy atom. The molecule has 1 heterocycles. The Labute approximate surface area is 104 Å². The van der Waals surface area contributed by atoms with Gasteiger partial charge in [0.05, 0.1) is 17.2 Å². The van der Waals surface area contributed by atoms with Crippen LogP contribution in [0.15, 0.2) is 29.4 Å². The predicted octanol–water partition coefficient (Wildman–Crippen LogP) is 0.200. The number of alkyl halides is 3. The van der Waals surface area contributed by atoms with Gasteiger partial charge in [-0.05, 0) is 24.3 Å². The molecule has 0 aliphatic carbocycles. The first-order valence-corrected chi connectivity index (χ1v) is 5.07.